The summed E-state index contributed by atoms with van der Waals surface area (Å²) in [6.07, 6.45) is 3.34. The zero-order valence-electron chi connectivity index (χ0n) is 15.6. The third kappa shape index (κ3) is 3.93. The highest BCUT2D eigenvalue weighted by atomic mass is 16.5. The number of ether oxygens (including phenoxy) is 1. The average Bonchev–Trinajstić information content (AvgIpc) is 3.18. The first-order valence-corrected chi connectivity index (χ1v) is 8.93. The summed E-state index contributed by atoms with van der Waals surface area (Å²) in [5.41, 5.74) is 2.16. The van der Waals surface area contributed by atoms with E-state index in [-0.39, 0.29) is 5.91 Å². The molecule has 0 aliphatic heterocycles. The smallest absolute Gasteiger partial charge is 0.323 e. The van der Waals surface area contributed by atoms with Crippen molar-refractivity contribution < 1.29 is 14.3 Å². The van der Waals surface area contributed by atoms with Crippen LogP contribution in [0.25, 0.3) is 11.0 Å². The van der Waals surface area contributed by atoms with Gasteiger partial charge in [-0.25, -0.2) is 9.78 Å². The molecule has 0 saturated carbocycles. The van der Waals surface area contributed by atoms with E-state index in [1.807, 2.05) is 18.2 Å². The summed E-state index contributed by atoms with van der Waals surface area (Å²) in [5.74, 6) is 0.479. The van der Waals surface area contributed by atoms with Crippen LogP contribution in [0.3, 0.4) is 0 Å². The van der Waals surface area contributed by atoms with Gasteiger partial charge in [0.05, 0.1) is 7.11 Å². The minimum Gasteiger partial charge on any atom is -0.497 e. The molecule has 0 aliphatic carbocycles. The van der Waals surface area contributed by atoms with Crippen LogP contribution < -0.4 is 15.4 Å². The van der Waals surface area contributed by atoms with Gasteiger partial charge in [-0.15, -0.1) is 0 Å². The molecule has 7 nitrogen and oxygen atoms in total. The fraction of sp³-hybridized carbons (Fsp3) is 0.0455. The van der Waals surface area contributed by atoms with Crippen molar-refractivity contribution in [3.8, 4) is 5.75 Å². The van der Waals surface area contributed by atoms with Crippen molar-refractivity contribution in [1.29, 1.82) is 0 Å². The molecule has 0 fully saturated rings. The van der Waals surface area contributed by atoms with Crippen LogP contribution in [0.15, 0.2) is 79.1 Å². The molecular formula is C22H18N4O3. The number of fused-ring (bicyclic) bond motifs is 1. The molecule has 2 aromatic heterocycles. The van der Waals surface area contributed by atoms with Crippen molar-refractivity contribution in [2.45, 2.75) is 0 Å². The summed E-state index contributed by atoms with van der Waals surface area (Å²) in [6.45, 7) is 0. The first-order valence-electron chi connectivity index (χ1n) is 8.93. The van der Waals surface area contributed by atoms with Gasteiger partial charge in [0.25, 0.3) is 5.91 Å². The van der Waals surface area contributed by atoms with Crippen molar-refractivity contribution >= 4 is 34.3 Å². The zero-order chi connectivity index (χ0) is 20.2. The second-order valence-electron chi connectivity index (χ2n) is 6.30. The van der Waals surface area contributed by atoms with Gasteiger partial charge in [-0.1, -0.05) is 6.07 Å². The number of rotatable bonds is 4. The minimum absolute atomic E-state index is 0.224. The maximum atomic E-state index is 12.9. The number of hydrogen-bond donors (Lipinski definition) is 2. The third-order valence-corrected chi connectivity index (χ3v) is 4.38. The molecule has 0 bridgehead atoms. The minimum atomic E-state index is -0.409. The number of anilines is 2. The number of carbonyl (C=O) groups is 2. The molecule has 29 heavy (non-hydrogen) atoms. The zero-order valence-corrected chi connectivity index (χ0v) is 15.6. The van der Waals surface area contributed by atoms with E-state index in [0.717, 1.165) is 5.39 Å². The van der Waals surface area contributed by atoms with E-state index in [2.05, 4.69) is 15.6 Å². The lowest BCUT2D eigenvalue weighted by molar-refractivity contribution is 0.0964. The number of urea groups is 1. The lowest BCUT2D eigenvalue weighted by atomic mass is 10.2. The van der Waals surface area contributed by atoms with Crippen LogP contribution in [-0.2, 0) is 0 Å². The maximum absolute atomic E-state index is 12.9. The van der Waals surface area contributed by atoms with Crippen LogP contribution in [0.2, 0.25) is 0 Å². The van der Waals surface area contributed by atoms with Gasteiger partial charge in [-0.2, -0.15) is 0 Å². The molecule has 4 aromatic rings. The summed E-state index contributed by atoms with van der Waals surface area (Å²) in [4.78, 5) is 29.4. The average molecular weight is 386 g/mol. The van der Waals surface area contributed by atoms with E-state index in [9.17, 15) is 9.59 Å². The fourth-order valence-corrected chi connectivity index (χ4v) is 2.97. The lowest BCUT2D eigenvalue weighted by Gasteiger charge is -2.10. The quantitative estimate of drug-likeness (QED) is 0.545. The van der Waals surface area contributed by atoms with Crippen LogP contribution in [0.4, 0.5) is 16.2 Å². The normalized spacial score (nSPS) is 10.5. The summed E-state index contributed by atoms with van der Waals surface area (Å²) >= 11 is 0. The Morgan fingerprint density at radius 3 is 2.52 bits per heavy atom. The van der Waals surface area contributed by atoms with Gasteiger partial charge in [0.1, 0.15) is 11.4 Å². The van der Waals surface area contributed by atoms with Crippen LogP contribution >= 0.6 is 0 Å². The van der Waals surface area contributed by atoms with Gasteiger partial charge < -0.3 is 15.4 Å². The van der Waals surface area contributed by atoms with Gasteiger partial charge in [0.15, 0.2) is 0 Å². The predicted octanol–water partition coefficient (Wildman–Crippen LogP) is 4.38. The summed E-state index contributed by atoms with van der Waals surface area (Å²) in [7, 11) is 1.58. The topological polar surface area (TPSA) is 85.3 Å². The molecule has 0 atom stereocenters. The molecule has 2 heterocycles. The number of benzene rings is 2. The fourth-order valence-electron chi connectivity index (χ4n) is 2.97. The van der Waals surface area contributed by atoms with Crippen molar-refractivity contribution in [2.24, 2.45) is 0 Å². The van der Waals surface area contributed by atoms with Crippen molar-refractivity contribution in [3.63, 3.8) is 0 Å². The van der Waals surface area contributed by atoms with E-state index in [1.165, 1.54) is 4.57 Å². The van der Waals surface area contributed by atoms with Gasteiger partial charge in [-0.3, -0.25) is 9.36 Å². The number of methoxy groups -OCH3 is 1. The Kier molecular flexibility index (Phi) is 4.94. The first kappa shape index (κ1) is 18.2. The van der Waals surface area contributed by atoms with Crippen LogP contribution in [0.5, 0.6) is 5.75 Å². The van der Waals surface area contributed by atoms with Gasteiger partial charge >= 0.3 is 6.03 Å². The van der Waals surface area contributed by atoms with E-state index in [1.54, 1.807) is 68.0 Å². The Morgan fingerprint density at radius 2 is 1.72 bits per heavy atom. The number of pyridine rings is 1. The standard InChI is InChI=1S/C22H18N4O3/c1-29-19-9-7-17(8-10-19)24-22(28)25-18-6-2-4-16(14-18)21(27)26-13-11-15-5-3-12-23-20(15)26/h2-14H,1H3,(H2,24,25,28). The van der Waals surface area contributed by atoms with Gasteiger partial charge in [0.2, 0.25) is 0 Å². The first-order chi connectivity index (χ1) is 14.1. The van der Waals surface area contributed by atoms with Crippen LogP contribution in [0.1, 0.15) is 10.4 Å². The Balaban J connectivity index is 1.49. The summed E-state index contributed by atoms with van der Waals surface area (Å²) < 4.78 is 6.59. The van der Waals surface area contributed by atoms with E-state index in [4.69, 9.17) is 4.74 Å². The Hall–Kier alpha value is -4.13. The van der Waals surface area contributed by atoms with Crippen molar-refractivity contribution in [3.05, 3.63) is 84.7 Å². The number of nitrogens with zero attached hydrogens (tertiary/aromatic N) is 2. The molecule has 0 radical (unpaired) electrons. The molecule has 0 saturated heterocycles. The van der Waals surface area contributed by atoms with E-state index < -0.39 is 6.03 Å². The summed E-state index contributed by atoms with van der Waals surface area (Å²) in [5, 5.41) is 6.36. The molecule has 0 unspecified atom stereocenters. The van der Waals surface area contributed by atoms with Gasteiger partial charge in [0, 0.05) is 34.7 Å². The van der Waals surface area contributed by atoms with E-state index >= 15 is 0 Å². The lowest BCUT2D eigenvalue weighted by Crippen LogP contribution is -2.20. The number of carbonyl (C=O) groups excluding carboxylic acids is 2. The monoisotopic (exact) mass is 386 g/mol. The molecule has 2 N–H and O–H groups in total. The summed E-state index contributed by atoms with van der Waals surface area (Å²) in [6, 6.07) is 18.9. The molecular weight excluding hydrogens is 368 g/mol. The molecule has 0 spiro atoms. The Morgan fingerprint density at radius 1 is 0.931 bits per heavy atom. The highest BCUT2D eigenvalue weighted by molar-refractivity contribution is 6.03. The Bertz CT molecular complexity index is 1180. The largest absolute Gasteiger partial charge is 0.497 e. The third-order valence-electron chi connectivity index (χ3n) is 4.38. The SMILES string of the molecule is COc1ccc(NC(=O)Nc2cccc(C(=O)n3ccc4cccnc43)c2)cc1. The number of amides is 2. The Labute approximate surface area is 166 Å². The van der Waals surface area contributed by atoms with Crippen LogP contribution in [0, 0.1) is 0 Å². The van der Waals surface area contributed by atoms with Crippen LogP contribution in [-0.4, -0.2) is 28.6 Å². The molecule has 4 rings (SSSR count). The van der Waals surface area contributed by atoms with Crippen molar-refractivity contribution in [2.75, 3.05) is 17.7 Å². The molecule has 2 aromatic carbocycles. The number of hydrogen-bond acceptors (Lipinski definition) is 4. The van der Waals surface area contributed by atoms with Crippen molar-refractivity contribution in [1.82, 2.24) is 9.55 Å². The number of aromatic nitrogens is 2. The van der Waals surface area contributed by atoms with Gasteiger partial charge in [-0.05, 0) is 60.7 Å². The highest BCUT2D eigenvalue weighted by Crippen LogP contribution is 2.18. The second kappa shape index (κ2) is 7.85. The molecule has 7 heteroatoms. The molecule has 2 amide bonds. The predicted molar refractivity (Wildman–Crippen MR) is 112 cm³/mol. The van der Waals surface area contributed by atoms with E-state index in [0.29, 0.717) is 28.3 Å². The molecule has 0 aliphatic rings. The highest BCUT2D eigenvalue weighted by Gasteiger charge is 2.13. The second-order valence-corrected chi connectivity index (χ2v) is 6.30. The molecule has 144 valence electrons. The maximum Gasteiger partial charge on any atom is 0.323 e. The number of nitrogens with one attached hydrogen (secondary N) is 2.